The molecular formula is C24H27O5PS. The Kier molecular flexibility index (Phi) is 7.37. The van der Waals surface area contributed by atoms with Crippen LogP contribution < -0.4 is 25.4 Å². The van der Waals surface area contributed by atoms with Gasteiger partial charge < -0.3 is 9.47 Å². The summed E-state index contributed by atoms with van der Waals surface area (Å²) in [6.45, 7) is 7.78. The van der Waals surface area contributed by atoms with Gasteiger partial charge in [-0.25, -0.2) is 0 Å². The van der Waals surface area contributed by atoms with Crippen LogP contribution in [0.15, 0.2) is 77.7 Å². The second-order valence-electron chi connectivity index (χ2n) is 7.55. The molecule has 0 bridgehead atoms. The molecule has 0 fully saturated rings. The summed E-state index contributed by atoms with van der Waals surface area (Å²) in [4.78, 5) is -0.111. The summed E-state index contributed by atoms with van der Waals surface area (Å²) in [6.07, 6.45) is -0.117. The third-order valence-electron chi connectivity index (χ3n) is 4.32. The van der Waals surface area contributed by atoms with Crippen LogP contribution in [0, 0.1) is 0 Å². The quantitative estimate of drug-likeness (QED) is 0.403. The van der Waals surface area contributed by atoms with Gasteiger partial charge in [0.25, 0.3) is 10.1 Å². The van der Waals surface area contributed by atoms with Crippen LogP contribution >= 0.6 is 7.92 Å². The Balaban J connectivity index is 2.34. The lowest BCUT2D eigenvalue weighted by molar-refractivity contribution is 0.244. The maximum Gasteiger partial charge on any atom is 0.295 e. The van der Waals surface area contributed by atoms with Crippen LogP contribution in [0.2, 0.25) is 0 Å². The second-order valence-corrected chi connectivity index (χ2v) is 11.1. The molecule has 0 atom stereocenters. The van der Waals surface area contributed by atoms with Gasteiger partial charge in [-0.2, -0.15) is 8.42 Å². The minimum atomic E-state index is -4.43. The predicted molar refractivity (Wildman–Crippen MR) is 126 cm³/mol. The van der Waals surface area contributed by atoms with E-state index >= 15 is 0 Å². The molecule has 0 unspecified atom stereocenters. The van der Waals surface area contributed by atoms with Crippen molar-refractivity contribution in [3.8, 4) is 11.5 Å². The Morgan fingerprint density at radius 3 is 1.48 bits per heavy atom. The molecule has 3 aromatic carbocycles. The van der Waals surface area contributed by atoms with Crippen molar-refractivity contribution in [2.75, 3.05) is 0 Å². The third-order valence-corrected chi connectivity index (χ3v) is 7.96. The summed E-state index contributed by atoms with van der Waals surface area (Å²) in [6, 6.07) is 21.8. The average Bonchev–Trinajstić information content (AvgIpc) is 2.69. The maximum absolute atomic E-state index is 12.2. The van der Waals surface area contributed by atoms with Crippen molar-refractivity contribution in [1.29, 1.82) is 0 Å². The van der Waals surface area contributed by atoms with E-state index in [1.54, 1.807) is 18.2 Å². The van der Waals surface area contributed by atoms with Gasteiger partial charge in [-0.05, 0) is 53.8 Å². The molecule has 1 N–H and O–H groups in total. The SMILES string of the molecule is CC(C)Oc1ccccc1P(c1ccccc1OC(C)C)c1ccccc1S(=O)(=O)O. The van der Waals surface area contributed by atoms with Crippen molar-refractivity contribution < 1.29 is 22.4 Å². The molecule has 0 spiro atoms. The number of hydrogen-bond donors (Lipinski definition) is 1. The summed E-state index contributed by atoms with van der Waals surface area (Å²) in [5.74, 6) is 1.35. The Morgan fingerprint density at radius 1 is 0.677 bits per heavy atom. The molecular weight excluding hydrogens is 431 g/mol. The summed E-state index contributed by atoms with van der Waals surface area (Å²) in [5.41, 5.74) is 0. The predicted octanol–water partition coefficient (Wildman–Crippen LogP) is 4.27. The van der Waals surface area contributed by atoms with Gasteiger partial charge >= 0.3 is 0 Å². The van der Waals surface area contributed by atoms with Crippen LogP contribution in [0.1, 0.15) is 27.7 Å². The first-order valence-corrected chi connectivity index (χ1v) is 12.8. The number of ether oxygens (including phenoxy) is 2. The molecule has 0 radical (unpaired) electrons. The normalized spacial score (nSPS) is 11.9. The molecule has 0 aliphatic carbocycles. The molecule has 3 aromatic rings. The summed E-state index contributed by atoms with van der Waals surface area (Å²) >= 11 is 0. The molecule has 7 heteroatoms. The molecule has 0 saturated carbocycles. The lowest BCUT2D eigenvalue weighted by atomic mass is 10.3. The maximum atomic E-state index is 12.2. The van der Waals surface area contributed by atoms with E-state index in [0.717, 1.165) is 10.6 Å². The molecule has 5 nitrogen and oxygen atoms in total. The monoisotopic (exact) mass is 458 g/mol. The first kappa shape index (κ1) is 23.3. The zero-order valence-electron chi connectivity index (χ0n) is 18.0. The van der Waals surface area contributed by atoms with E-state index < -0.39 is 18.0 Å². The summed E-state index contributed by atoms with van der Waals surface area (Å²) in [5, 5.41) is 2.21. The van der Waals surface area contributed by atoms with Gasteiger partial charge in [0.05, 0.1) is 12.2 Å². The molecule has 0 amide bonds. The standard InChI is InChI=1S/C24H27O5PS/c1-17(2)28-19-11-5-7-13-21(19)30(22-14-8-6-12-20(22)29-18(3)4)23-15-9-10-16-24(23)31(25,26)27/h5-18H,1-4H3,(H,25,26,27). The Labute approximate surface area is 185 Å². The first-order chi connectivity index (χ1) is 14.7. The zero-order chi connectivity index (χ0) is 22.6. The number of benzene rings is 3. The highest BCUT2D eigenvalue weighted by Crippen LogP contribution is 2.41. The van der Waals surface area contributed by atoms with E-state index in [1.165, 1.54) is 6.07 Å². The topological polar surface area (TPSA) is 72.8 Å². The van der Waals surface area contributed by atoms with Gasteiger partial charge in [0.2, 0.25) is 0 Å². The highest BCUT2D eigenvalue weighted by molar-refractivity contribution is 7.88. The highest BCUT2D eigenvalue weighted by Gasteiger charge is 2.29. The van der Waals surface area contributed by atoms with Crippen molar-refractivity contribution in [2.45, 2.75) is 44.8 Å². The number of rotatable bonds is 8. The van der Waals surface area contributed by atoms with Crippen molar-refractivity contribution >= 4 is 34.0 Å². The molecule has 0 aliphatic heterocycles. The van der Waals surface area contributed by atoms with E-state index in [4.69, 9.17) is 9.47 Å². The molecule has 0 aromatic heterocycles. The van der Waals surface area contributed by atoms with Crippen LogP contribution in [0.3, 0.4) is 0 Å². The minimum Gasteiger partial charge on any atom is -0.490 e. The molecule has 164 valence electrons. The fourth-order valence-electron chi connectivity index (χ4n) is 3.24. The fraction of sp³-hybridized carbons (Fsp3) is 0.250. The number of para-hydroxylation sites is 2. The van der Waals surface area contributed by atoms with Gasteiger partial charge in [0.15, 0.2) is 0 Å². The van der Waals surface area contributed by atoms with Crippen LogP contribution in [-0.2, 0) is 10.1 Å². The van der Waals surface area contributed by atoms with Crippen LogP contribution in [-0.4, -0.2) is 25.2 Å². The molecule has 0 aliphatic rings. The Bertz CT molecular complexity index is 1090. The average molecular weight is 459 g/mol. The molecule has 3 rings (SSSR count). The van der Waals surface area contributed by atoms with Crippen molar-refractivity contribution in [3.63, 3.8) is 0 Å². The third kappa shape index (κ3) is 5.65. The van der Waals surface area contributed by atoms with Crippen LogP contribution in [0.5, 0.6) is 11.5 Å². The smallest absolute Gasteiger partial charge is 0.295 e. The van der Waals surface area contributed by atoms with E-state index in [2.05, 4.69) is 0 Å². The number of hydrogen-bond acceptors (Lipinski definition) is 4. The summed E-state index contributed by atoms with van der Waals surface area (Å²) in [7, 11) is -5.85. The van der Waals surface area contributed by atoms with Gasteiger partial charge in [-0.15, -0.1) is 0 Å². The van der Waals surface area contributed by atoms with Crippen molar-refractivity contribution in [3.05, 3.63) is 72.8 Å². The van der Waals surface area contributed by atoms with Gasteiger partial charge in [-0.1, -0.05) is 54.6 Å². The zero-order valence-corrected chi connectivity index (χ0v) is 19.7. The lowest BCUT2D eigenvalue weighted by Gasteiger charge is -2.26. The molecule has 0 saturated heterocycles. The lowest BCUT2D eigenvalue weighted by Crippen LogP contribution is -2.28. The van der Waals surface area contributed by atoms with E-state index in [0.29, 0.717) is 16.8 Å². The van der Waals surface area contributed by atoms with Gasteiger partial charge in [-0.3, -0.25) is 4.55 Å². The molecule has 0 heterocycles. The van der Waals surface area contributed by atoms with Crippen LogP contribution in [0.25, 0.3) is 0 Å². The van der Waals surface area contributed by atoms with Gasteiger partial charge in [0.1, 0.15) is 16.4 Å². The van der Waals surface area contributed by atoms with Crippen molar-refractivity contribution in [2.24, 2.45) is 0 Å². The van der Waals surface area contributed by atoms with Crippen LogP contribution in [0.4, 0.5) is 0 Å². The first-order valence-electron chi connectivity index (χ1n) is 10.1. The minimum absolute atomic E-state index is 0.0584. The largest absolute Gasteiger partial charge is 0.490 e. The van der Waals surface area contributed by atoms with Gasteiger partial charge in [0, 0.05) is 15.9 Å². The Morgan fingerprint density at radius 2 is 1.06 bits per heavy atom. The highest BCUT2D eigenvalue weighted by atomic mass is 32.2. The fourth-order valence-corrected chi connectivity index (χ4v) is 6.92. The van der Waals surface area contributed by atoms with E-state index in [1.807, 2.05) is 76.2 Å². The van der Waals surface area contributed by atoms with E-state index in [-0.39, 0.29) is 17.1 Å². The Hall–Kier alpha value is -2.40. The summed E-state index contributed by atoms with van der Waals surface area (Å²) < 4.78 is 46.6. The van der Waals surface area contributed by atoms with E-state index in [9.17, 15) is 13.0 Å². The van der Waals surface area contributed by atoms with Crippen molar-refractivity contribution in [1.82, 2.24) is 0 Å². The molecule has 31 heavy (non-hydrogen) atoms. The second kappa shape index (κ2) is 9.82.